The van der Waals surface area contributed by atoms with Crippen molar-refractivity contribution in [2.24, 2.45) is 0 Å². The molecule has 1 unspecified atom stereocenters. The van der Waals surface area contributed by atoms with E-state index < -0.39 is 21.7 Å². The lowest BCUT2D eigenvalue weighted by Gasteiger charge is -2.05. The van der Waals surface area contributed by atoms with Gasteiger partial charge in [-0.1, -0.05) is 24.3 Å². The van der Waals surface area contributed by atoms with Gasteiger partial charge in [0, 0.05) is 16.5 Å². The van der Waals surface area contributed by atoms with Gasteiger partial charge in [0.25, 0.3) is 5.69 Å². The largest absolute Gasteiger partial charge is 0.478 e. The van der Waals surface area contributed by atoms with Crippen molar-refractivity contribution in [3.05, 3.63) is 69.8 Å². The number of carbonyl (C=O) groups is 1. The third kappa shape index (κ3) is 3.51. The molecule has 0 heterocycles. The number of hydrogen-bond acceptors (Lipinski definition) is 4. The number of carboxylic acid groups (broad SMARTS) is 1. The third-order valence-electron chi connectivity index (χ3n) is 2.82. The van der Waals surface area contributed by atoms with Gasteiger partial charge in [0.15, 0.2) is 0 Å². The lowest BCUT2D eigenvalue weighted by atomic mass is 10.1. The summed E-state index contributed by atoms with van der Waals surface area (Å²) in [6, 6.07) is 12.2. The second-order valence-electron chi connectivity index (χ2n) is 4.21. The molecule has 0 bridgehead atoms. The van der Waals surface area contributed by atoms with Crippen LogP contribution < -0.4 is 0 Å². The first-order valence-electron chi connectivity index (χ1n) is 5.93. The molecule has 0 aromatic heterocycles. The molecule has 0 amide bonds. The Hall–Kier alpha value is -2.54. The van der Waals surface area contributed by atoms with Crippen molar-refractivity contribution in [2.45, 2.75) is 10.6 Å². The van der Waals surface area contributed by atoms with Crippen LogP contribution in [0.1, 0.15) is 15.9 Å². The Morgan fingerprint density at radius 1 is 1.19 bits per heavy atom. The van der Waals surface area contributed by atoms with Crippen LogP contribution in [-0.2, 0) is 16.6 Å². The number of nitro groups is 1. The van der Waals surface area contributed by atoms with Crippen molar-refractivity contribution in [1.82, 2.24) is 0 Å². The van der Waals surface area contributed by atoms with Crippen LogP contribution in [-0.4, -0.2) is 20.2 Å². The molecule has 1 atom stereocenters. The number of carboxylic acids is 1. The van der Waals surface area contributed by atoms with Gasteiger partial charge in [0.2, 0.25) is 0 Å². The normalized spacial score (nSPS) is 11.8. The molecule has 0 radical (unpaired) electrons. The van der Waals surface area contributed by atoms with Crippen molar-refractivity contribution in [1.29, 1.82) is 0 Å². The lowest BCUT2D eigenvalue weighted by Crippen LogP contribution is -2.04. The Balaban J connectivity index is 2.34. The lowest BCUT2D eigenvalue weighted by molar-refractivity contribution is -0.385. The van der Waals surface area contributed by atoms with E-state index in [-0.39, 0.29) is 22.6 Å². The number of rotatable bonds is 5. The number of benzene rings is 2. The minimum absolute atomic E-state index is 0.0414. The van der Waals surface area contributed by atoms with Crippen molar-refractivity contribution < 1.29 is 19.0 Å². The fourth-order valence-electron chi connectivity index (χ4n) is 1.79. The van der Waals surface area contributed by atoms with Gasteiger partial charge in [-0.2, -0.15) is 0 Å². The molecule has 1 N–H and O–H groups in total. The molecule has 7 heteroatoms. The van der Waals surface area contributed by atoms with Crippen molar-refractivity contribution in [2.75, 3.05) is 0 Å². The van der Waals surface area contributed by atoms with Gasteiger partial charge in [0.1, 0.15) is 0 Å². The third-order valence-corrected chi connectivity index (χ3v) is 4.19. The standard InChI is InChI=1S/C14H11NO5S/c16-14(17)10-6-7-11(13(8-10)15(18)19)9-21(20)12-4-2-1-3-5-12/h1-8H,9H2,(H,16,17). The predicted molar refractivity (Wildman–Crippen MR) is 76.6 cm³/mol. The highest BCUT2D eigenvalue weighted by molar-refractivity contribution is 7.84. The molecular weight excluding hydrogens is 294 g/mol. The monoisotopic (exact) mass is 305 g/mol. The van der Waals surface area contributed by atoms with Crippen molar-refractivity contribution >= 4 is 22.5 Å². The fourth-order valence-corrected chi connectivity index (χ4v) is 2.94. The Morgan fingerprint density at radius 3 is 2.43 bits per heavy atom. The van der Waals surface area contributed by atoms with E-state index in [0.29, 0.717) is 4.90 Å². The average molecular weight is 305 g/mol. The Bertz CT molecular complexity index is 715. The number of nitro benzene ring substituents is 1. The molecule has 0 spiro atoms. The van der Waals surface area contributed by atoms with Gasteiger partial charge in [0.05, 0.1) is 27.0 Å². The van der Waals surface area contributed by atoms with E-state index in [9.17, 15) is 19.1 Å². The van der Waals surface area contributed by atoms with Crippen LogP contribution in [0.3, 0.4) is 0 Å². The summed E-state index contributed by atoms with van der Waals surface area (Å²) >= 11 is 0. The minimum atomic E-state index is -1.43. The highest BCUT2D eigenvalue weighted by Crippen LogP contribution is 2.23. The number of aromatic carboxylic acids is 1. The van der Waals surface area contributed by atoms with E-state index in [2.05, 4.69) is 0 Å². The number of nitrogens with zero attached hydrogens (tertiary/aromatic N) is 1. The summed E-state index contributed by atoms with van der Waals surface area (Å²) < 4.78 is 12.2. The van der Waals surface area contributed by atoms with E-state index in [1.807, 2.05) is 0 Å². The van der Waals surface area contributed by atoms with Gasteiger partial charge < -0.3 is 5.11 Å². The van der Waals surface area contributed by atoms with Crippen LogP contribution >= 0.6 is 0 Å². The van der Waals surface area contributed by atoms with E-state index in [0.717, 1.165) is 6.07 Å². The fraction of sp³-hybridized carbons (Fsp3) is 0.0714. The first-order valence-corrected chi connectivity index (χ1v) is 7.25. The molecule has 0 saturated carbocycles. The molecular formula is C14H11NO5S. The topological polar surface area (TPSA) is 97.5 Å². The molecule has 2 aromatic rings. The molecule has 2 aromatic carbocycles. The van der Waals surface area contributed by atoms with Gasteiger partial charge in [-0.05, 0) is 18.2 Å². The van der Waals surface area contributed by atoms with Crippen LogP contribution in [0, 0.1) is 10.1 Å². The maximum absolute atomic E-state index is 12.2. The van der Waals surface area contributed by atoms with Crippen molar-refractivity contribution in [3.8, 4) is 0 Å². The molecule has 0 fully saturated rings. The second-order valence-corrected chi connectivity index (χ2v) is 5.66. The summed E-state index contributed by atoms with van der Waals surface area (Å²) in [7, 11) is -1.43. The summed E-state index contributed by atoms with van der Waals surface area (Å²) in [6.45, 7) is 0. The summed E-state index contributed by atoms with van der Waals surface area (Å²) in [5, 5.41) is 19.9. The highest BCUT2D eigenvalue weighted by Gasteiger charge is 2.19. The summed E-state index contributed by atoms with van der Waals surface area (Å²) in [5.41, 5.74) is -0.262. The zero-order chi connectivity index (χ0) is 15.4. The van der Waals surface area contributed by atoms with Crippen LogP contribution in [0.4, 0.5) is 5.69 Å². The first-order chi connectivity index (χ1) is 9.99. The van der Waals surface area contributed by atoms with Gasteiger partial charge in [-0.3, -0.25) is 14.3 Å². The Labute approximate surface area is 122 Å². The van der Waals surface area contributed by atoms with Gasteiger partial charge in [-0.25, -0.2) is 4.79 Å². The van der Waals surface area contributed by atoms with Crippen molar-refractivity contribution in [3.63, 3.8) is 0 Å². The molecule has 2 rings (SSSR count). The Morgan fingerprint density at radius 2 is 1.86 bits per heavy atom. The molecule has 0 aliphatic rings. The van der Waals surface area contributed by atoms with Crippen LogP contribution in [0.2, 0.25) is 0 Å². The van der Waals surface area contributed by atoms with E-state index >= 15 is 0 Å². The van der Waals surface area contributed by atoms with Gasteiger partial charge >= 0.3 is 5.97 Å². The molecule has 0 aliphatic carbocycles. The smallest absolute Gasteiger partial charge is 0.335 e. The minimum Gasteiger partial charge on any atom is -0.478 e. The van der Waals surface area contributed by atoms with E-state index in [4.69, 9.17) is 5.11 Å². The summed E-state index contributed by atoms with van der Waals surface area (Å²) in [4.78, 5) is 21.8. The first kappa shape index (κ1) is 14.9. The summed E-state index contributed by atoms with van der Waals surface area (Å²) in [5.74, 6) is -1.28. The maximum Gasteiger partial charge on any atom is 0.335 e. The molecule has 108 valence electrons. The Kier molecular flexibility index (Phi) is 4.44. The maximum atomic E-state index is 12.2. The molecule has 6 nitrogen and oxygen atoms in total. The highest BCUT2D eigenvalue weighted by atomic mass is 32.2. The molecule has 0 aliphatic heterocycles. The summed E-state index contributed by atoms with van der Waals surface area (Å²) in [6.07, 6.45) is 0. The number of hydrogen-bond donors (Lipinski definition) is 1. The molecule has 0 saturated heterocycles. The predicted octanol–water partition coefficient (Wildman–Crippen LogP) is 2.60. The van der Waals surface area contributed by atoms with Crippen LogP contribution in [0.15, 0.2) is 53.4 Å². The van der Waals surface area contributed by atoms with E-state index in [1.54, 1.807) is 30.3 Å². The second kappa shape index (κ2) is 6.27. The van der Waals surface area contributed by atoms with Crippen LogP contribution in [0.5, 0.6) is 0 Å². The average Bonchev–Trinajstić information content (AvgIpc) is 2.48. The van der Waals surface area contributed by atoms with Gasteiger partial charge in [-0.15, -0.1) is 0 Å². The zero-order valence-electron chi connectivity index (χ0n) is 10.8. The molecule has 21 heavy (non-hydrogen) atoms. The quantitative estimate of drug-likeness (QED) is 0.676. The SMILES string of the molecule is O=C(O)c1ccc(CS(=O)c2ccccc2)c([N+](=O)[O-])c1. The van der Waals surface area contributed by atoms with E-state index in [1.165, 1.54) is 12.1 Å². The zero-order valence-corrected chi connectivity index (χ0v) is 11.6. The van der Waals surface area contributed by atoms with Crippen LogP contribution in [0.25, 0.3) is 0 Å².